The van der Waals surface area contributed by atoms with Crippen LogP contribution in [0.4, 0.5) is 19.3 Å². The Morgan fingerprint density at radius 3 is 2.33 bits per heavy atom. The summed E-state index contributed by atoms with van der Waals surface area (Å²) in [5.41, 5.74) is 0.902. The van der Waals surface area contributed by atoms with Crippen LogP contribution in [0.1, 0.15) is 31.4 Å². The number of nitro benzene ring substituents is 1. The lowest BCUT2D eigenvalue weighted by Crippen LogP contribution is -2.39. The highest BCUT2D eigenvalue weighted by atomic mass is 19.3. The van der Waals surface area contributed by atoms with Crippen molar-refractivity contribution in [3.8, 4) is 11.5 Å². The number of benzene rings is 2. The molecule has 11 nitrogen and oxygen atoms in total. The zero-order chi connectivity index (χ0) is 29.7. The van der Waals surface area contributed by atoms with Crippen molar-refractivity contribution in [1.82, 2.24) is 4.90 Å². The van der Waals surface area contributed by atoms with E-state index in [2.05, 4.69) is 0 Å². The molecule has 2 aromatic rings. The van der Waals surface area contributed by atoms with E-state index in [-0.39, 0.29) is 57.2 Å². The number of nitrogens with zero attached hydrogens (tertiary/aromatic N) is 2. The fraction of sp³-hybridized carbons (Fsp3) is 0.481. The van der Waals surface area contributed by atoms with Gasteiger partial charge in [-0.2, -0.15) is 0 Å². The van der Waals surface area contributed by atoms with Crippen molar-refractivity contribution < 1.29 is 47.3 Å². The van der Waals surface area contributed by atoms with E-state index in [1.54, 1.807) is 38.1 Å². The molecule has 1 N–H and O–H groups in total. The molecule has 2 rings (SSSR count). The Kier molecular flexibility index (Phi) is 12.7. The first kappa shape index (κ1) is 32.4. The van der Waals surface area contributed by atoms with Crippen molar-refractivity contribution in [2.75, 3.05) is 39.5 Å². The SMILES string of the molecule is CCOC(Cc1ccc(OCCN(CCOCC(F)(F)CC)C(=O)Oc2ccc(C)c([N+](=O)[O-])c2)cc1)C(=O)O. The molecule has 0 radical (unpaired) electrons. The number of hydrogen-bond acceptors (Lipinski definition) is 8. The second-order valence-electron chi connectivity index (χ2n) is 8.80. The highest BCUT2D eigenvalue weighted by Gasteiger charge is 2.27. The summed E-state index contributed by atoms with van der Waals surface area (Å²) in [5, 5.41) is 20.4. The molecule has 0 saturated heterocycles. The summed E-state index contributed by atoms with van der Waals surface area (Å²) in [4.78, 5) is 35.9. The van der Waals surface area contributed by atoms with Gasteiger partial charge < -0.3 is 29.0 Å². The number of carbonyl (C=O) groups excluding carboxylic acids is 1. The third kappa shape index (κ3) is 10.7. The quantitative estimate of drug-likeness (QED) is 0.161. The number of ether oxygens (including phenoxy) is 4. The van der Waals surface area contributed by atoms with Crippen LogP contribution in [0.2, 0.25) is 0 Å². The van der Waals surface area contributed by atoms with E-state index in [0.29, 0.717) is 11.3 Å². The number of alkyl halides is 2. The smallest absolute Gasteiger partial charge is 0.415 e. The van der Waals surface area contributed by atoms with E-state index >= 15 is 0 Å². The van der Waals surface area contributed by atoms with E-state index in [1.165, 1.54) is 24.0 Å². The summed E-state index contributed by atoms with van der Waals surface area (Å²) < 4.78 is 48.2. The predicted molar refractivity (Wildman–Crippen MR) is 140 cm³/mol. The fourth-order valence-corrected chi connectivity index (χ4v) is 3.44. The van der Waals surface area contributed by atoms with Crippen LogP contribution in [-0.2, 0) is 20.7 Å². The highest BCUT2D eigenvalue weighted by molar-refractivity contribution is 5.72. The van der Waals surface area contributed by atoms with E-state index in [0.717, 1.165) is 11.6 Å². The number of hydrogen-bond donors (Lipinski definition) is 1. The van der Waals surface area contributed by atoms with Crippen LogP contribution in [0, 0.1) is 17.0 Å². The summed E-state index contributed by atoms with van der Waals surface area (Å²) in [6, 6.07) is 10.7. The number of aryl methyl sites for hydroxylation is 1. The minimum absolute atomic E-state index is 0.00427. The third-order valence-electron chi connectivity index (χ3n) is 5.79. The van der Waals surface area contributed by atoms with Gasteiger partial charge in [-0.05, 0) is 43.7 Å². The molecule has 0 bridgehead atoms. The lowest BCUT2D eigenvalue weighted by molar-refractivity contribution is -0.385. The number of rotatable bonds is 17. The summed E-state index contributed by atoms with van der Waals surface area (Å²) >= 11 is 0. The molecule has 220 valence electrons. The van der Waals surface area contributed by atoms with Crippen molar-refractivity contribution in [3.63, 3.8) is 0 Å². The van der Waals surface area contributed by atoms with Crippen molar-refractivity contribution in [2.45, 2.75) is 45.6 Å². The van der Waals surface area contributed by atoms with E-state index in [9.17, 15) is 33.6 Å². The van der Waals surface area contributed by atoms with E-state index in [4.69, 9.17) is 18.9 Å². The zero-order valence-corrected chi connectivity index (χ0v) is 22.6. The number of carboxylic acids is 1. The number of amides is 1. The molecule has 0 spiro atoms. The van der Waals surface area contributed by atoms with Gasteiger partial charge in [-0.3, -0.25) is 10.1 Å². The van der Waals surface area contributed by atoms with Gasteiger partial charge in [0.1, 0.15) is 24.7 Å². The van der Waals surface area contributed by atoms with Crippen molar-refractivity contribution in [1.29, 1.82) is 0 Å². The van der Waals surface area contributed by atoms with Gasteiger partial charge in [0.2, 0.25) is 0 Å². The minimum atomic E-state index is -2.99. The lowest BCUT2D eigenvalue weighted by atomic mass is 10.1. The molecule has 1 atom stereocenters. The van der Waals surface area contributed by atoms with Crippen LogP contribution in [0.15, 0.2) is 42.5 Å². The van der Waals surface area contributed by atoms with Crippen LogP contribution in [0.5, 0.6) is 11.5 Å². The molecule has 1 unspecified atom stereocenters. The summed E-state index contributed by atoms with van der Waals surface area (Å²) in [7, 11) is 0. The van der Waals surface area contributed by atoms with Crippen molar-refractivity contribution in [2.24, 2.45) is 0 Å². The van der Waals surface area contributed by atoms with Gasteiger partial charge in [0.25, 0.3) is 11.6 Å². The molecule has 0 saturated carbocycles. The Balaban J connectivity index is 2.01. The molecule has 40 heavy (non-hydrogen) atoms. The van der Waals surface area contributed by atoms with Gasteiger partial charge in [0, 0.05) is 31.6 Å². The molecular formula is C27H34F2N2O9. The number of carbonyl (C=O) groups is 2. The Hall–Kier alpha value is -3.84. The largest absolute Gasteiger partial charge is 0.492 e. The third-order valence-corrected chi connectivity index (χ3v) is 5.79. The minimum Gasteiger partial charge on any atom is -0.492 e. The molecule has 13 heteroatoms. The average Bonchev–Trinajstić information content (AvgIpc) is 2.91. The van der Waals surface area contributed by atoms with Crippen LogP contribution >= 0.6 is 0 Å². The Morgan fingerprint density at radius 1 is 1.07 bits per heavy atom. The molecule has 0 aliphatic rings. The second kappa shape index (κ2) is 15.7. The van der Waals surface area contributed by atoms with Crippen LogP contribution in [-0.4, -0.2) is 78.5 Å². The first-order chi connectivity index (χ1) is 19.0. The van der Waals surface area contributed by atoms with E-state index in [1.807, 2.05) is 0 Å². The van der Waals surface area contributed by atoms with Crippen LogP contribution in [0.3, 0.4) is 0 Å². The molecule has 0 aliphatic carbocycles. The van der Waals surface area contributed by atoms with Gasteiger partial charge in [0.05, 0.1) is 24.1 Å². The molecule has 2 aromatic carbocycles. The Morgan fingerprint density at radius 2 is 1.73 bits per heavy atom. The normalized spacial score (nSPS) is 12.0. The van der Waals surface area contributed by atoms with Crippen LogP contribution in [0.25, 0.3) is 0 Å². The lowest BCUT2D eigenvalue weighted by Gasteiger charge is -2.23. The van der Waals surface area contributed by atoms with Crippen molar-refractivity contribution >= 4 is 17.7 Å². The first-order valence-electron chi connectivity index (χ1n) is 12.7. The monoisotopic (exact) mass is 568 g/mol. The topological polar surface area (TPSA) is 138 Å². The number of nitro groups is 1. The first-order valence-corrected chi connectivity index (χ1v) is 12.7. The maximum atomic E-state index is 13.5. The van der Waals surface area contributed by atoms with Gasteiger partial charge in [-0.15, -0.1) is 0 Å². The Labute approximate surface area is 230 Å². The molecule has 0 fully saturated rings. The van der Waals surface area contributed by atoms with Gasteiger partial charge >= 0.3 is 12.1 Å². The van der Waals surface area contributed by atoms with Crippen LogP contribution < -0.4 is 9.47 Å². The standard InChI is InChI=1S/C27H34F2N2O9/c1-4-27(28,29)18-37-14-12-30(26(34)40-22-9-6-19(3)23(17-22)31(35)36)13-15-39-21-10-7-20(8-11-21)16-24(25(32)33)38-5-2/h6-11,17,24H,4-5,12-16,18H2,1-3H3,(H,32,33). The van der Waals surface area contributed by atoms with E-state index < -0.39 is 35.6 Å². The number of halogens is 2. The molecular weight excluding hydrogens is 534 g/mol. The molecule has 1 amide bonds. The average molecular weight is 569 g/mol. The molecule has 0 heterocycles. The maximum absolute atomic E-state index is 13.5. The highest BCUT2D eigenvalue weighted by Crippen LogP contribution is 2.24. The predicted octanol–water partition coefficient (Wildman–Crippen LogP) is 4.88. The molecule has 0 aliphatic heterocycles. The van der Waals surface area contributed by atoms with Gasteiger partial charge in [0.15, 0.2) is 6.10 Å². The van der Waals surface area contributed by atoms with Crippen molar-refractivity contribution in [3.05, 3.63) is 63.7 Å². The fourth-order valence-electron chi connectivity index (χ4n) is 3.44. The summed E-state index contributed by atoms with van der Waals surface area (Å²) in [5.74, 6) is -3.65. The summed E-state index contributed by atoms with van der Waals surface area (Å²) in [6.45, 7) is 3.77. The van der Waals surface area contributed by atoms with Gasteiger partial charge in [-0.25, -0.2) is 18.4 Å². The van der Waals surface area contributed by atoms with Gasteiger partial charge in [-0.1, -0.05) is 19.1 Å². The second-order valence-corrected chi connectivity index (χ2v) is 8.80. The number of aliphatic carboxylic acids is 1. The number of carboxylic acid groups (broad SMARTS) is 1. The molecule has 0 aromatic heterocycles. The Bertz CT molecular complexity index is 1130. The zero-order valence-electron chi connectivity index (χ0n) is 22.6. The summed E-state index contributed by atoms with van der Waals surface area (Å²) in [6.07, 6.45) is -2.04. The maximum Gasteiger partial charge on any atom is 0.415 e.